The molecular formula is C22H25ClF3N5O2. The maximum Gasteiger partial charge on any atom is 0.266 e. The fourth-order valence-electron chi connectivity index (χ4n) is 4.23. The molecular weight excluding hydrogens is 459 g/mol. The summed E-state index contributed by atoms with van der Waals surface area (Å²) in [6, 6.07) is 3.22. The van der Waals surface area contributed by atoms with Crippen LogP contribution in [0.3, 0.4) is 0 Å². The van der Waals surface area contributed by atoms with E-state index in [0.29, 0.717) is 36.8 Å². The fourth-order valence-corrected chi connectivity index (χ4v) is 4.41. The van der Waals surface area contributed by atoms with Crippen LogP contribution in [-0.2, 0) is 22.6 Å². The Balaban J connectivity index is 1.54. The van der Waals surface area contributed by atoms with Crippen LogP contribution in [-0.4, -0.2) is 59.0 Å². The molecule has 3 heterocycles. The molecule has 0 radical (unpaired) electrons. The number of anilines is 1. The van der Waals surface area contributed by atoms with Crippen molar-refractivity contribution in [3.05, 3.63) is 51.7 Å². The minimum atomic E-state index is -2.92. The average molecular weight is 484 g/mol. The van der Waals surface area contributed by atoms with Gasteiger partial charge in [0, 0.05) is 24.2 Å². The smallest absolute Gasteiger partial charge is 0.266 e. The third-order valence-electron chi connectivity index (χ3n) is 6.00. The first-order valence-corrected chi connectivity index (χ1v) is 11.1. The Kier molecular flexibility index (Phi) is 7.06. The SMILES string of the molecule is C[C@@H](Nc1nc(Cl)nc2c1CN(C(=O)C1COCCN(C)C1)C2)c1cccc(C(F)F)c1F. The molecule has 0 bridgehead atoms. The summed E-state index contributed by atoms with van der Waals surface area (Å²) in [7, 11) is 1.95. The van der Waals surface area contributed by atoms with E-state index in [2.05, 4.69) is 20.2 Å². The van der Waals surface area contributed by atoms with E-state index in [4.69, 9.17) is 16.3 Å². The molecule has 1 amide bonds. The predicted octanol–water partition coefficient (Wildman–Crippen LogP) is 3.80. The number of hydrogen-bond donors (Lipinski definition) is 1. The van der Waals surface area contributed by atoms with Gasteiger partial charge >= 0.3 is 0 Å². The zero-order chi connectivity index (χ0) is 23.7. The Morgan fingerprint density at radius 2 is 2.03 bits per heavy atom. The number of hydrogen-bond acceptors (Lipinski definition) is 6. The number of carbonyl (C=O) groups excluding carboxylic acids is 1. The number of nitrogens with zero attached hydrogens (tertiary/aromatic N) is 4. The molecule has 7 nitrogen and oxygen atoms in total. The van der Waals surface area contributed by atoms with Crippen LogP contribution in [0, 0.1) is 11.7 Å². The van der Waals surface area contributed by atoms with Crippen molar-refractivity contribution in [3.8, 4) is 0 Å². The second-order valence-electron chi connectivity index (χ2n) is 8.41. The standard InChI is InChI=1S/C22H25ClF3N5O2/c1-12(14-4-3-5-15(18(14)24)19(25)26)27-20-16-9-31(10-17(16)28-22(23)29-20)21(32)13-8-30(2)6-7-33-11-13/h3-5,12-13,19H,6-11H2,1-2H3,(H,27,28,29)/t12-,13?/m1/s1. The van der Waals surface area contributed by atoms with E-state index in [1.807, 2.05) is 7.05 Å². The van der Waals surface area contributed by atoms with E-state index in [1.165, 1.54) is 12.1 Å². The summed E-state index contributed by atoms with van der Waals surface area (Å²) >= 11 is 6.11. The molecule has 0 spiro atoms. The summed E-state index contributed by atoms with van der Waals surface area (Å²) in [6.45, 7) is 4.48. The third kappa shape index (κ3) is 5.07. The Hall–Kier alpha value is -2.43. The van der Waals surface area contributed by atoms with E-state index < -0.39 is 23.8 Å². The van der Waals surface area contributed by atoms with Crippen molar-refractivity contribution in [1.29, 1.82) is 0 Å². The highest BCUT2D eigenvalue weighted by molar-refractivity contribution is 6.28. The number of nitrogens with one attached hydrogen (secondary N) is 1. The number of alkyl halides is 2. The van der Waals surface area contributed by atoms with Gasteiger partial charge in [0.15, 0.2) is 0 Å². The second-order valence-corrected chi connectivity index (χ2v) is 8.75. The van der Waals surface area contributed by atoms with Gasteiger partial charge in [0.1, 0.15) is 11.6 Å². The van der Waals surface area contributed by atoms with Crippen molar-refractivity contribution in [1.82, 2.24) is 19.8 Å². The highest BCUT2D eigenvalue weighted by Gasteiger charge is 2.34. The Morgan fingerprint density at radius 3 is 2.79 bits per heavy atom. The monoisotopic (exact) mass is 483 g/mol. The summed E-state index contributed by atoms with van der Waals surface area (Å²) in [5.74, 6) is -0.952. The zero-order valence-corrected chi connectivity index (χ0v) is 19.1. The van der Waals surface area contributed by atoms with Gasteiger partial charge in [-0.05, 0) is 25.6 Å². The molecule has 1 N–H and O–H groups in total. The van der Waals surface area contributed by atoms with Crippen molar-refractivity contribution in [3.63, 3.8) is 0 Å². The van der Waals surface area contributed by atoms with E-state index >= 15 is 0 Å². The zero-order valence-electron chi connectivity index (χ0n) is 18.3. The van der Waals surface area contributed by atoms with Crippen molar-refractivity contribution in [2.75, 3.05) is 38.7 Å². The summed E-state index contributed by atoms with van der Waals surface area (Å²) < 4.78 is 46.4. The first kappa shape index (κ1) is 23.7. The van der Waals surface area contributed by atoms with Gasteiger partial charge in [0.05, 0.1) is 49.5 Å². The van der Waals surface area contributed by atoms with Gasteiger partial charge in [0.25, 0.3) is 6.43 Å². The second kappa shape index (κ2) is 9.82. The van der Waals surface area contributed by atoms with E-state index in [1.54, 1.807) is 11.8 Å². The molecule has 178 valence electrons. The Morgan fingerprint density at radius 1 is 1.27 bits per heavy atom. The number of rotatable bonds is 5. The van der Waals surface area contributed by atoms with Gasteiger partial charge < -0.3 is 19.9 Å². The average Bonchev–Trinajstić information content (AvgIpc) is 3.07. The lowest BCUT2D eigenvalue weighted by Crippen LogP contribution is -2.39. The molecule has 11 heteroatoms. The molecule has 1 fully saturated rings. The number of fused-ring (bicyclic) bond motifs is 1. The Bertz CT molecular complexity index is 1040. The molecule has 1 unspecified atom stereocenters. The van der Waals surface area contributed by atoms with Gasteiger partial charge in [-0.2, -0.15) is 0 Å². The van der Waals surface area contributed by atoms with Gasteiger partial charge in [-0.1, -0.05) is 18.2 Å². The van der Waals surface area contributed by atoms with Gasteiger partial charge in [-0.15, -0.1) is 0 Å². The van der Waals surface area contributed by atoms with Crippen LogP contribution in [0.25, 0.3) is 0 Å². The largest absolute Gasteiger partial charge is 0.379 e. The van der Waals surface area contributed by atoms with Crippen LogP contribution >= 0.6 is 11.6 Å². The molecule has 2 aromatic rings. The highest BCUT2D eigenvalue weighted by Crippen LogP contribution is 2.33. The summed E-state index contributed by atoms with van der Waals surface area (Å²) in [5.41, 5.74) is 0.705. The number of likely N-dealkylation sites (N-methyl/N-ethyl adjacent to an activating group) is 1. The summed E-state index contributed by atoms with van der Waals surface area (Å²) in [5, 5.41) is 3.05. The van der Waals surface area contributed by atoms with Gasteiger partial charge in [0.2, 0.25) is 11.2 Å². The van der Waals surface area contributed by atoms with Crippen LogP contribution < -0.4 is 5.32 Å². The van der Waals surface area contributed by atoms with Gasteiger partial charge in [-0.3, -0.25) is 4.79 Å². The molecule has 0 saturated carbocycles. The predicted molar refractivity (Wildman–Crippen MR) is 116 cm³/mol. The number of ether oxygens (including phenoxy) is 1. The fraction of sp³-hybridized carbons (Fsp3) is 0.500. The minimum absolute atomic E-state index is 0.0166. The van der Waals surface area contributed by atoms with Gasteiger partial charge in [-0.25, -0.2) is 23.1 Å². The number of carbonyl (C=O) groups is 1. The molecule has 2 atom stereocenters. The molecule has 1 aromatic carbocycles. The summed E-state index contributed by atoms with van der Waals surface area (Å²) in [4.78, 5) is 25.4. The normalized spacial score (nSPS) is 20.0. The first-order valence-electron chi connectivity index (χ1n) is 10.7. The minimum Gasteiger partial charge on any atom is -0.379 e. The van der Waals surface area contributed by atoms with Crippen LogP contribution in [0.15, 0.2) is 18.2 Å². The molecule has 0 aliphatic carbocycles. The quantitative estimate of drug-likeness (QED) is 0.652. The molecule has 2 aliphatic heterocycles. The van der Waals surface area contributed by atoms with E-state index in [0.717, 1.165) is 12.6 Å². The maximum absolute atomic E-state index is 14.6. The van der Waals surface area contributed by atoms with Crippen LogP contribution in [0.2, 0.25) is 5.28 Å². The van der Waals surface area contributed by atoms with Crippen molar-refractivity contribution >= 4 is 23.3 Å². The lowest BCUT2D eigenvalue weighted by molar-refractivity contribution is -0.138. The molecule has 4 rings (SSSR count). The Labute approximate surface area is 194 Å². The first-order chi connectivity index (χ1) is 15.7. The maximum atomic E-state index is 14.6. The lowest BCUT2D eigenvalue weighted by atomic mass is 10.0. The van der Waals surface area contributed by atoms with Crippen molar-refractivity contribution < 1.29 is 22.7 Å². The number of benzene rings is 1. The lowest BCUT2D eigenvalue weighted by Gasteiger charge is -2.24. The topological polar surface area (TPSA) is 70.6 Å². The number of aromatic nitrogens is 2. The van der Waals surface area contributed by atoms with Crippen LogP contribution in [0.4, 0.5) is 19.0 Å². The van der Waals surface area contributed by atoms with Crippen LogP contribution in [0.5, 0.6) is 0 Å². The van der Waals surface area contributed by atoms with Crippen molar-refractivity contribution in [2.24, 2.45) is 5.92 Å². The van der Waals surface area contributed by atoms with E-state index in [9.17, 15) is 18.0 Å². The van der Waals surface area contributed by atoms with Crippen LogP contribution in [0.1, 0.15) is 41.8 Å². The molecule has 33 heavy (non-hydrogen) atoms. The third-order valence-corrected chi connectivity index (χ3v) is 6.17. The molecule has 1 saturated heterocycles. The highest BCUT2D eigenvalue weighted by atomic mass is 35.5. The molecule has 2 aliphatic rings. The van der Waals surface area contributed by atoms with E-state index in [-0.39, 0.29) is 35.8 Å². The number of amides is 1. The number of halogens is 4. The van der Waals surface area contributed by atoms with Crippen molar-refractivity contribution in [2.45, 2.75) is 32.5 Å². The summed E-state index contributed by atoms with van der Waals surface area (Å²) in [6.07, 6.45) is -2.92. The molecule has 1 aromatic heterocycles.